The van der Waals surface area contributed by atoms with Crippen LogP contribution in [0.15, 0.2) is 36.7 Å². The van der Waals surface area contributed by atoms with E-state index in [0.29, 0.717) is 0 Å². The van der Waals surface area contributed by atoms with Gasteiger partial charge >= 0.3 is 0 Å². The molecule has 19 heavy (non-hydrogen) atoms. The van der Waals surface area contributed by atoms with Crippen molar-refractivity contribution in [2.45, 2.75) is 13.0 Å². The number of thiocarbonyl (C=S) groups is 1. The van der Waals surface area contributed by atoms with Crippen LogP contribution in [0.5, 0.6) is 0 Å². The molecule has 1 heterocycles. The fourth-order valence-electron chi connectivity index (χ4n) is 1.46. The fraction of sp³-hybridized carbons (Fsp3) is 0.167. The van der Waals surface area contributed by atoms with Gasteiger partial charge in [0.25, 0.3) is 0 Å². The Morgan fingerprint density at radius 1 is 1.42 bits per heavy atom. The minimum absolute atomic E-state index is 0.106. The first-order valence-corrected chi connectivity index (χ1v) is 6.05. The molecule has 1 amide bonds. The van der Waals surface area contributed by atoms with E-state index in [0.717, 1.165) is 5.69 Å². The van der Waals surface area contributed by atoms with Crippen molar-refractivity contribution >= 4 is 28.8 Å². The lowest BCUT2D eigenvalue weighted by atomic mass is 10.3. The van der Waals surface area contributed by atoms with Gasteiger partial charge in [0.05, 0.1) is 0 Å². The first-order chi connectivity index (χ1) is 9.08. The zero-order valence-corrected chi connectivity index (χ0v) is 11.1. The average Bonchev–Trinajstić information content (AvgIpc) is 2.88. The third-order valence-corrected chi connectivity index (χ3v) is 2.73. The monoisotopic (exact) mass is 275 g/mol. The number of carbonyl (C=O) groups is 1. The summed E-state index contributed by atoms with van der Waals surface area (Å²) in [7, 11) is 0. The van der Waals surface area contributed by atoms with Crippen LogP contribution >= 0.6 is 12.2 Å². The number of aromatic nitrogens is 3. The molecule has 0 radical (unpaired) electrons. The third kappa shape index (κ3) is 3.14. The Hall–Kier alpha value is -2.28. The topological polar surface area (TPSA) is 85.8 Å². The summed E-state index contributed by atoms with van der Waals surface area (Å²) in [5.74, 6) is 0.0694. The first kappa shape index (κ1) is 13.2. The predicted octanol–water partition coefficient (Wildman–Crippen LogP) is 1.11. The van der Waals surface area contributed by atoms with Crippen molar-refractivity contribution in [3.8, 4) is 0 Å². The highest BCUT2D eigenvalue weighted by Crippen LogP contribution is 2.10. The molecule has 0 aliphatic carbocycles. The van der Waals surface area contributed by atoms with Gasteiger partial charge in [-0.15, -0.1) is 5.10 Å². The molecule has 0 aliphatic heterocycles. The Bertz CT molecular complexity index is 595. The molecule has 0 spiro atoms. The summed E-state index contributed by atoms with van der Waals surface area (Å²) in [6.45, 7) is 1.72. The second-order valence-corrected chi connectivity index (χ2v) is 4.38. The van der Waals surface area contributed by atoms with Crippen LogP contribution in [0.25, 0.3) is 0 Å². The maximum atomic E-state index is 12.0. The number of carbonyl (C=O) groups excluding carboxylic acids is 1. The van der Waals surface area contributed by atoms with Gasteiger partial charge in [-0.1, -0.05) is 30.4 Å². The number of nitrogens with one attached hydrogen (secondary N) is 1. The number of nitrogens with zero attached hydrogens (tertiary/aromatic N) is 3. The van der Waals surface area contributed by atoms with Crippen molar-refractivity contribution < 1.29 is 4.79 Å². The summed E-state index contributed by atoms with van der Waals surface area (Å²) in [5.41, 5.74) is 6.15. The smallest absolute Gasteiger partial charge is 0.249 e. The van der Waals surface area contributed by atoms with Gasteiger partial charge in [0.15, 0.2) is 0 Å². The first-order valence-electron chi connectivity index (χ1n) is 5.65. The third-order valence-electron chi connectivity index (χ3n) is 2.55. The molecule has 0 fully saturated rings. The van der Waals surface area contributed by atoms with Crippen LogP contribution < -0.4 is 11.1 Å². The number of nitrogens with two attached hydrogens (primary N) is 1. The Labute approximate surface area is 115 Å². The molecule has 2 rings (SSSR count). The van der Waals surface area contributed by atoms with Crippen LogP contribution in [0, 0.1) is 0 Å². The highest BCUT2D eigenvalue weighted by atomic mass is 32.1. The van der Waals surface area contributed by atoms with E-state index in [4.69, 9.17) is 18.0 Å². The zero-order valence-electron chi connectivity index (χ0n) is 10.3. The zero-order chi connectivity index (χ0) is 13.8. The lowest BCUT2D eigenvalue weighted by molar-refractivity contribution is -0.119. The van der Waals surface area contributed by atoms with Gasteiger partial charge in [0.1, 0.15) is 17.4 Å². The molecule has 3 N–H and O–H groups in total. The van der Waals surface area contributed by atoms with Crippen molar-refractivity contribution in [3.63, 3.8) is 0 Å². The Kier molecular flexibility index (Phi) is 3.86. The number of para-hydroxylation sites is 1. The number of hydrogen-bond donors (Lipinski definition) is 2. The average molecular weight is 275 g/mol. The molecule has 6 nitrogen and oxygen atoms in total. The lowest BCUT2D eigenvalue weighted by Gasteiger charge is -2.11. The van der Waals surface area contributed by atoms with E-state index in [1.807, 2.05) is 30.3 Å². The van der Waals surface area contributed by atoms with Crippen LogP contribution in [0.4, 0.5) is 5.69 Å². The summed E-state index contributed by atoms with van der Waals surface area (Å²) in [6, 6.07) is 8.70. The minimum atomic E-state index is -0.504. The maximum Gasteiger partial charge on any atom is 0.249 e. The second kappa shape index (κ2) is 5.57. The summed E-state index contributed by atoms with van der Waals surface area (Å²) < 4.78 is 1.42. The molecule has 0 bridgehead atoms. The molecule has 0 saturated heterocycles. The lowest BCUT2D eigenvalue weighted by Crippen LogP contribution is -2.24. The van der Waals surface area contributed by atoms with Crippen molar-refractivity contribution in [2.75, 3.05) is 5.32 Å². The Morgan fingerprint density at radius 3 is 2.68 bits per heavy atom. The van der Waals surface area contributed by atoms with E-state index in [1.54, 1.807) is 6.92 Å². The molecule has 2 aromatic rings. The molecule has 1 unspecified atom stereocenters. The number of benzene rings is 1. The second-order valence-electron chi connectivity index (χ2n) is 3.94. The summed E-state index contributed by atoms with van der Waals surface area (Å²) in [6.07, 6.45) is 1.43. The fourth-order valence-corrected chi connectivity index (χ4v) is 1.56. The van der Waals surface area contributed by atoms with Gasteiger partial charge < -0.3 is 11.1 Å². The summed E-state index contributed by atoms with van der Waals surface area (Å²) >= 11 is 4.77. The van der Waals surface area contributed by atoms with Crippen molar-refractivity contribution in [2.24, 2.45) is 5.73 Å². The van der Waals surface area contributed by atoms with Crippen LogP contribution in [0.2, 0.25) is 0 Å². The van der Waals surface area contributed by atoms with Crippen molar-refractivity contribution in [1.82, 2.24) is 14.8 Å². The van der Waals surface area contributed by atoms with E-state index in [2.05, 4.69) is 15.4 Å². The molecule has 1 aromatic heterocycles. The van der Waals surface area contributed by atoms with Gasteiger partial charge in [-0.3, -0.25) is 4.79 Å². The number of hydrogen-bond acceptors (Lipinski definition) is 4. The van der Waals surface area contributed by atoms with Crippen LogP contribution in [0.3, 0.4) is 0 Å². The van der Waals surface area contributed by atoms with E-state index in [9.17, 15) is 4.79 Å². The van der Waals surface area contributed by atoms with Gasteiger partial charge in [0.2, 0.25) is 11.7 Å². The van der Waals surface area contributed by atoms with Crippen LogP contribution in [-0.2, 0) is 4.79 Å². The highest BCUT2D eigenvalue weighted by molar-refractivity contribution is 7.80. The van der Waals surface area contributed by atoms with E-state index in [-0.39, 0.29) is 16.7 Å². The van der Waals surface area contributed by atoms with Crippen molar-refractivity contribution in [1.29, 1.82) is 0 Å². The SMILES string of the molecule is CC(C(=O)Nc1ccccc1)n1cnc(C(N)=S)n1. The molecule has 0 aliphatic rings. The molecular weight excluding hydrogens is 262 g/mol. The summed E-state index contributed by atoms with van der Waals surface area (Å²) in [4.78, 5) is 16.1. The van der Waals surface area contributed by atoms with Gasteiger partial charge in [0, 0.05) is 5.69 Å². The minimum Gasteiger partial charge on any atom is -0.387 e. The van der Waals surface area contributed by atoms with Crippen LogP contribution in [0.1, 0.15) is 18.8 Å². The molecule has 7 heteroatoms. The maximum absolute atomic E-state index is 12.0. The van der Waals surface area contributed by atoms with E-state index in [1.165, 1.54) is 11.0 Å². The van der Waals surface area contributed by atoms with Crippen LogP contribution in [-0.4, -0.2) is 25.7 Å². The van der Waals surface area contributed by atoms with E-state index >= 15 is 0 Å². The molecular formula is C12H13N5OS. The Morgan fingerprint density at radius 2 is 2.11 bits per heavy atom. The quantitative estimate of drug-likeness (QED) is 0.816. The van der Waals surface area contributed by atoms with Gasteiger partial charge in [-0.05, 0) is 19.1 Å². The predicted molar refractivity (Wildman–Crippen MR) is 75.7 cm³/mol. The van der Waals surface area contributed by atoms with Crippen molar-refractivity contribution in [3.05, 3.63) is 42.5 Å². The molecule has 1 atom stereocenters. The normalized spacial score (nSPS) is 11.8. The summed E-state index contributed by atoms with van der Waals surface area (Å²) in [5, 5.41) is 6.84. The largest absolute Gasteiger partial charge is 0.387 e. The molecule has 98 valence electrons. The number of rotatable bonds is 4. The molecule has 1 aromatic carbocycles. The highest BCUT2D eigenvalue weighted by Gasteiger charge is 2.17. The van der Waals surface area contributed by atoms with Gasteiger partial charge in [-0.25, -0.2) is 9.67 Å². The van der Waals surface area contributed by atoms with Gasteiger partial charge in [-0.2, -0.15) is 0 Å². The molecule has 0 saturated carbocycles. The Balaban J connectivity index is 2.08. The van der Waals surface area contributed by atoms with E-state index < -0.39 is 6.04 Å². The number of amides is 1. The number of anilines is 1. The standard InChI is InChI=1S/C12H13N5OS/c1-8(17-7-14-11(16-17)10(13)19)12(18)15-9-5-3-2-4-6-9/h2-8H,1H3,(H2,13,19)(H,15,18).